The zero-order valence-corrected chi connectivity index (χ0v) is 43.9. The van der Waals surface area contributed by atoms with E-state index in [1.165, 1.54) is 65.9 Å². The maximum Gasteiger partial charge on any atom is 0.255 e. The van der Waals surface area contributed by atoms with Gasteiger partial charge in [0.25, 0.3) is 29.5 Å². The van der Waals surface area contributed by atoms with Gasteiger partial charge < -0.3 is 66.9 Å². The second-order valence-corrected chi connectivity index (χ2v) is 19.6. The van der Waals surface area contributed by atoms with E-state index in [2.05, 4.69) is 21.3 Å². The number of methoxy groups -OCH3 is 5. The van der Waals surface area contributed by atoms with E-state index in [0.29, 0.717) is 30.2 Å². The molecule has 408 valence electrons. The number of nitrogens with two attached hydrogens (primary N) is 3. The summed E-state index contributed by atoms with van der Waals surface area (Å²) < 4.78 is 33.2. The summed E-state index contributed by atoms with van der Waals surface area (Å²) in [5.41, 5.74) is 17.9. The third-order valence-corrected chi connectivity index (χ3v) is 14.9. The van der Waals surface area contributed by atoms with Crippen LogP contribution in [0.4, 0.5) is 0 Å². The minimum atomic E-state index is -0.720. The van der Waals surface area contributed by atoms with E-state index >= 15 is 0 Å². The van der Waals surface area contributed by atoms with Crippen molar-refractivity contribution in [2.45, 2.75) is 102 Å². The number of rotatable bonds is 27. The Kier molecular flexibility index (Phi) is 21.1. The van der Waals surface area contributed by atoms with Crippen molar-refractivity contribution in [1.82, 2.24) is 21.3 Å². The summed E-state index contributed by atoms with van der Waals surface area (Å²) in [7, 11) is 7.22. The van der Waals surface area contributed by atoms with Crippen molar-refractivity contribution >= 4 is 41.1 Å². The Morgan fingerprint density at radius 3 is 1.36 bits per heavy atom. The van der Waals surface area contributed by atoms with Crippen LogP contribution in [0.2, 0.25) is 0 Å². The molecular weight excluding hydrogens is 967 g/mol. The first-order chi connectivity index (χ1) is 36.2. The molecule has 0 radical (unpaired) electrons. The lowest BCUT2D eigenvalue weighted by Gasteiger charge is -2.40. The molecule has 0 heterocycles. The van der Waals surface area contributed by atoms with E-state index in [-0.39, 0.29) is 142 Å². The van der Waals surface area contributed by atoms with Crippen LogP contribution < -0.4 is 66.9 Å². The standard InChI is InChI=1S/C55H75N7O13/c1-70-44-29-49(75-30-50(58)64)37(43(63)8-6-7-31-9-14-34(15-10-31)61-54(68)41-25-39(52(66)59-21-19-56)45(71-2)27-47(41)73-4)24-38(44)51(65)36-18-13-33(36)23-32-11-16-35(17-12-32)62-55(69)42-26-40(53(67)60-22-20-57)46(72-3)28-48(42)74-5/h24-29,31-36H,6-23,30,56-57H2,1-5H3,(H2,58,64)(H,59,66)(H,60,67)(H,61,68)(H,62,69). The highest BCUT2D eigenvalue weighted by atomic mass is 16.5. The van der Waals surface area contributed by atoms with Crippen LogP contribution in [0.25, 0.3) is 0 Å². The topological polar surface area (TPSA) is 301 Å². The maximum atomic E-state index is 14.4. The third-order valence-electron chi connectivity index (χ3n) is 14.9. The zero-order chi connectivity index (χ0) is 54.2. The second kappa shape index (κ2) is 27.6. The molecule has 2 atom stereocenters. The van der Waals surface area contributed by atoms with Gasteiger partial charge in [0.1, 0.15) is 34.5 Å². The number of hydrogen-bond donors (Lipinski definition) is 7. The normalized spacial score (nSPS) is 20.0. The number of carbonyl (C=O) groups excluding carboxylic acids is 7. The molecular formula is C55H75N7O13. The zero-order valence-electron chi connectivity index (χ0n) is 43.9. The second-order valence-electron chi connectivity index (χ2n) is 19.6. The highest BCUT2D eigenvalue weighted by Gasteiger charge is 2.40. The van der Waals surface area contributed by atoms with Crippen LogP contribution in [0.15, 0.2) is 36.4 Å². The average molecular weight is 1040 g/mol. The number of ketones is 2. The molecule has 10 N–H and O–H groups in total. The first-order valence-electron chi connectivity index (χ1n) is 26.0. The Hall–Kier alpha value is -6.93. The minimum absolute atomic E-state index is 0.0873. The van der Waals surface area contributed by atoms with Crippen molar-refractivity contribution < 1.29 is 62.0 Å². The lowest BCUT2D eigenvalue weighted by atomic mass is 9.65. The molecule has 3 saturated carbocycles. The van der Waals surface area contributed by atoms with Gasteiger partial charge in [0.15, 0.2) is 18.2 Å². The molecule has 20 nitrogen and oxygen atoms in total. The lowest BCUT2D eigenvalue weighted by Crippen LogP contribution is -2.39. The summed E-state index contributed by atoms with van der Waals surface area (Å²) in [5, 5.41) is 11.7. The Bertz CT molecular complexity index is 2540. The fourth-order valence-corrected chi connectivity index (χ4v) is 10.7. The number of carbonyl (C=O) groups is 7. The van der Waals surface area contributed by atoms with Crippen LogP contribution in [0, 0.1) is 23.7 Å². The van der Waals surface area contributed by atoms with Gasteiger partial charge in [-0.25, -0.2) is 0 Å². The first-order valence-corrected chi connectivity index (χ1v) is 26.0. The molecule has 3 aliphatic rings. The maximum absolute atomic E-state index is 14.4. The predicted molar refractivity (Wildman–Crippen MR) is 279 cm³/mol. The first kappa shape index (κ1) is 57.4. The van der Waals surface area contributed by atoms with Gasteiger partial charge >= 0.3 is 0 Å². The summed E-state index contributed by atoms with van der Waals surface area (Å²) in [5.74, 6) is -0.605. The monoisotopic (exact) mass is 1040 g/mol. The number of nitrogens with one attached hydrogen (secondary N) is 4. The molecule has 3 fully saturated rings. The van der Waals surface area contributed by atoms with E-state index in [4.69, 9.17) is 45.6 Å². The number of primary amides is 1. The van der Waals surface area contributed by atoms with E-state index in [1.807, 2.05) is 0 Å². The predicted octanol–water partition coefficient (Wildman–Crippen LogP) is 4.90. The van der Waals surface area contributed by atoms with Crippen molar-refractivity contribution in [1.29, 1.82) is 0 Å². The van der Waals surface area contributed by atoms with Crippen molar-refractivity contribution in [3.05, 3.63) is 69.8 Å². The SMILES string of the molecule is COc1cc(OC)c(C(=O)NC2CCC(CCCC(=O)c3cc(C(=O)C4CCC4CC4CCC(NC(=O)c5cc(C(=O)NCCN)c(OC)cc5OC)CC4)c(OC)cc3OCC(N)=O)CC2)cc1C(=O)NCCN. The highest BCUT2D eigenvalue weighted by molar-refractivity contribution is 6.07. The molecule has 6 rings (SSSR count). The molecule has 0 aromatic heterocycles. The van der Waals surface area contributed by atoms with Crippen LogP contribution in [0.1, 0.15) is 152 Å². The summed E-state index contributed by atoms with van der Waals surface area (Å²) in [6.45, 7) is 0.574. The Morgan fingerprint density at radius 1 is 0.507 bits per heavy atom. The fraction of sp³-hybridized carbons (Fsp3) is 0.545. The van der Waals surface area contributed by atoms with E-state index in [0.717, 1.165) is 70.6 Å². The van der Waals surface area contributed by atoms with E-state index in [9.17, 15) is 33.6 Å². The van der Waals surface area contributed by atoms with Gasteiger partial charge in [0, 0.05) is 68.8 Å². The Morgan fingerprint density at radius 2 is 0.933 bits per heavy atom. The molecule has 2 unspecified atom stereocenters. The van der Waals surface area contributed by atoms with Gasteiger partial charge in [0.2, 0.25) is 0 Å². The van der Waals surface area contributed by atoms with Gasteiger partial charge in [-0.2, -0.15) is 0 Å². The van der Waals surface area contributed by atoms with Crippen molar-refractivity contribution in [3.8, 4) is 34.5 Å². The Balaban J connectivity index is 1.02. The van der Waals surface area contributed by atoms with Crippen LogP contribution in [-0.4, -0.2) is 122 Å². The number of amides is 5. The van der Waals surface area contributed by atoms with E-state index in [1.54, 1.807) is 6.07 Å². The largest absolute Gasteiger partial charge is 0.496 e. The molecule has 20 heteroatoms. The van der Waals surface area contributed by atoms with Gasteiger partial charge in [0.05, 0.1) is 68.9 Å². The average Bonchev–Trinajstić information content (AvgIpc) is 3.41. The molecule has 75 heavy (non-hydrogen) atoms. The molecule has 3 aliphatic carbocycles. The van der Waals surface area contributed by atoms with Crippen molar-refractivity contribution in [2.75, 3.05) is 68.3 Å². The molecule has 3 aromatic carbocycles. The molecule has 0 spiro atoms. The summed E-state index contributed by atoms with van der Waals surface area (Å²) >= 11 is 0. The summed E-state index contributed by atoms with van der Waals surface area (Å²) in [4.78, 5) is 93.1. The minimum Gasteiger partial charge on any atom is -0.496 e. The van der Waals surface area contributed by atoms with Gasteiger partial charge in [-0.05, 0) is 113 Å². The highest BCUT2D eigenvalue weighted by Crippen LogP contribution is 2.45. The van der Waals surface area contributed by atoms with Gasteiger partial charge in [-0.3, -0.25) is 33.6 Å². The quantitative estimate of drug-likeness (QED) is 0.0500. The molecule has 0 bridgehead atoms. The molecule has 0 aliphatic heterocycles. The van der Waals surface area contributed by atoms with Crippen LogP contribution in [-0.2, 0) is 4.79 Å². The lowest BCUT2D eigenvalue weighted by molar-refractivity contribution is -0.120. The smallest absolute Gasteiger partial charge is 0.255 e. The number of benzene rings is 3. The molecule has 3 aromatic rings. The number of hydrogen-bond acceptors (Lipinski definition) is 15. The Labute approximate surface area is 438 Å². The van der Waals surface area contributed by atoms with E-state index < -0.39 is 24.3 Å². The molecule has 0 saturated heterocycles. The van der Waals surface area contributed by atoms with Crippen molar-refractivity contribution in [3.63, 3.8) is 0 Å². The number of Topliss-reactive ketones (excluding diaryl/α,β-unsaturated/α-hetero) is 2. The summed E-state index contributed by atoms with van der Waals surface area (Å²) in [6.07, 6.45) is 10.3. The van der Waals surface area contributed by atoms with Crippen LogP contribution >= 0.6 is 0 Å². The molecule has 5 amide bonds. The summed E-state index contributed by atoms with van der Waals surface area (Å²) in [6, 6.07) is 8.85. The fourth-order valence-electron chi connectivity index (χ4n) is 10.7. The third kappa shape index (κ3) is 14.7. The van der Waals surface area contributed by atoms with Gasteiger partial charge in [-0.1, -0.05) is 6.42 Å². The van der Waals surface area contributed by atoms with Crippen molar-refractivity contribution in [2.24, 2.45) is 40.9 Å². The van der Waals surface area contributed by atoms with Crippen LogP contribution in [0.5, 0.6) is 34.5 Å². The number of ether oxygens (including phenoxy) is 6. The van der Waals surface area contributed by atoms with Gasteiger partial charge in [-0.15, -0.1) is 0 Å². The van der Waals surface area contributed by atoms with Crippen LogP contribution in [0.3, 0.4) is 0 Å².